The van der Waals surface area contributed by atoms with Crippen molar-refractivity contribution < 1.29 is 4.79 Å². The van der Waals surface area contributed by atoms with E-state index in [4.69, 9.17) is 0 Å². The van der Waals surface area contributed by atoms with E-state index in [1.165, 1.54) is 32.7 Å². The van der Waals surface area contributed by atoms with Crippen LogP contribution in [-0.4, -0.2) is 5.78 Å². The second-order valence-corrected chi connectivity index (χ2v) is 6.84. The topological polar surface area (TPSA) is 17.1 Å². The molecule has 0 radical (unpaired) electrons. The van der Waals surface area contributed by atoms with Crippen molar-refractivity contribution >= 4 is 27.3 Å². The first kappa shape index (κ1) is 14.4. The summed E-state index contributed by atoms with van der Waals surface area (Å²) in [7, 11) is 0. The highest BCUT2D eigenvalue weighted by Crippen LogP contribution is 2.37. The van der Waals surface area contributed by atoms with Crippen LogP contribution in [0.2, 0.25) is 0 Å². The third-order valence-electron chi connectivity index (χ3n) is 5.50. The van der Waals surface area contributed by atoms with Gasteiger partial charge in [-0.1, -0.05) is 78.9 Å². The number of hydrogen-bond donors (Lipinski definition) is 0. The van der Waals surface area contributed by atoms with Crippen LogP contribution >= 0.6 is 0 Å². The molecule has 0 bridgehead atoms. The summed E-state index contributed by atoms with van der Waals surface area (Å²) in [4.78, 5) is 13.1. The van der Waals surface area contributed by atoms with Gasteiger partial charge in [-0.2, -0.15) is 0 Å². The molecule has 1 aliphatic rings. The summed E-state index contributed by atoms with van der Waals surface area (Å²) < 4.78 is 0. The second-order valence-electron chi connectivity index (χ2n) is 6.84. The highest BCUT2D eigenvalue weighted by molar-refractivity contribution is 6.11. The van der Waals surface area contributed by atoms with E-state index in [-0.39, 0.29) is 11.7 Å². The van der Waals surface area contributed by atoms with Crippen molar-refractivity contribution in [1.82, 2.24) is 0 Å². The Kier molecular flexibility index (Phi) is 3.21. The van der Waals surface area contributed by atoms with Gasteiger partial charge in [0.15, 0.2) is 5.78 Å². The van der Waals surface area contributed by atoms with Gasteiger partial charge in [0.2, 0.25) is 0 Å². The molecule has 0 aromatic heterocycles. The number of rotatable bonds is 1. The van der Waals surface area contributed by atoms with Crippen LogP contribution in [0.25, 0.3) is 21.5 Å². The van der Waals surface area contributed by atoms with Gasteiger partial charge in [-0.3, -0.25) is 4.79 Å². The molecule has 4 aromatic carbocycles. The molecule has 25 heavy (non-hydrogen) atoms. The molecule has 0 saturated heterocycles. The Morgan fingerprint density at radius 2 is 1.48 bits per heavy atom. The van der Waals surface area contributed by atoms with Crippen molar-refractivity contribution in [3.8, 4) is 0 Å². The van der Waals surface area contributed by atoms with Crippen LogP contribution in [-0.2, 0) is 6.42 Å². The van der Waals surface area contributed by atoms with E-state index in [1.807, 2.05) is 18.2 Å². The fourth-order valence-electron chi connectivity index (χ4n) is 4.26. The van der Waals surface area contributed by atoms with Gasteiger partial charge in [-0.15, -0.1) is 0 Å². The highest BCUT2D eigenvalue weighted by Gasteiger charge is 2.29. The standard InChI is InChI=1S/C24H18O/c25-24-19-9-4-2-7-17(19)13-15-23(24)21-11-5-10-20-18-8-3-1-6-16(18)12-14-22(20)21/h1-12,14,23H,13,15H2. The molecule has 0 aliphatic heterocycles. The highest BCUT2D eigenvalue weighted by atomic mass is 16.1. The molecule has 5 rings (SSSR count). The third-order valence-corrected chi connectivity index (χ3v) is 5.50. The number of benzene rings is 4. The second kappa shape index (κ2) is 5.56. The molecule has 0 fully saturated rings. The van der Waals surface area contributed by atoms with Gasteiger partial charge in [0.1, 0.15) is 0 Å². The van der Waals surface area contributed by atoms with E-state index in [0.29, 0.717) is 0 Å². The summed E-state index contributed by atoms with van der Waals surface area (Å²) in [6.07, 6.45) is 1.86. The molecule has 1 atom stereocenters. The van der Waals surface area contributed by atoms with Gasteiger partial charge in [-0.05, 0) is 45.5 Å². The molecule has 0 saturated carbocycles. The minimum absolute atomic E-state index is 0.0419. The normalized spacial score (nSPS) is 17.0. The monoisotopic (exact) mass is 322 g/mol. The number of carbonyl (C=O) groups excluding carboxylic acids is 1. The fraction of sp³-hybridized carbons (Fsp3) is 0.125. The largest absolute Gasteiger partial charge is 0.293 e. The maximum atomic E-state index is 13.1. The molecule has 1 aliphatic carbocycles. The Hall–Kier alpha value is -2.93. The molecule has 0 heterocycles. The summed E-state index contributed by atoms with van der Waals surface area (Å²) in [6, 6.07) is 27.3. The van der Waals surface area contributed by atoms with Gasteiger partial charge >= 0.3 is 0 Å². The number of hydrogen-bond acceptors (Lipinski definition) is 1. The van der Waals surface area contributed by atoms with Crippen molar-refractivity contribution in [2.24, 2.45) is 0 Å². The van der Waals surface area contributed by atoms with Crippen LogP contribution in [0.5, 0.6) is 0 Å². The third kappa shape index (κ3) is 2.20. The van der Waals surface area contributed by atoms with Gasteiger partial charge < -0.3 is 0 Å². The van der Waals surface area contributed by atoms with E-state index in [9.17, 15) is 4.79 Å². The van der Waals surface area contributed by atoms with Gasteiger partial charge in [-0.25, -0.2) is 0 Å². The molecule has 0 N–H and O–H groups in total. The van der Waals surface area contributed by atoms with E-state index in [2.05, 4.69) is 60.7 Å². The molecule has 4 aromatic rings. The molecule has 1 heteroatoms. The Labute approximate surface area is 146 Å². The number of aryl methyl sites for hydroxylation is 1. The Morgan fingerprint density at radius 1 is 0.680 bits per heavy atom. The number of carbonyl (C=O) groups is 1. The average Bonchev–Trinajstić information content (AvgIpc) is 2.68. The van der Waals surface area contributed by atoms with Crippen LogP contribution in [0.1, 0.15) is 33.8 Å². The minimum atomic E-state index is -0.0419. The van der Waals surface area contributed by atoms with Crippen LogP contribution < -0.4 is 0 Å². The number of ketones is 1. The smallest absolute Gasteiger partial charge is 0.170 e. The molecule has 0 amide bonds. The molecular weight excluding hydrogens is 304 g/mol. The average molecular weight is 322 g/mol. The van der Waals surface area contributed by atoms with E-state index >= 15 is 0 Å². The van der Waals surface area contributed by atoms with Crippen LogP contribution in [0.3, 0.4) is 0 Å². The van der Waals surface area contributed by atoms with Gasteiger partial charge in [0.05, 0.1) is 0 Å². The van der Waals surface area contributed by atoms with Crippen LogP contribution in [0.4, 0.5) is 0 Å². The van der Waals surface area contributed by atoms with Crippen molar-refractivity contribution in [3.05, 3.63) is 95.6 Å². The van der Waals surface area contributed by atoms with E-state index in [1.54, 1.807) is 0 Å². The van der Waals surface area contributed by atoms with Crippen molar-refractivity contribution in [1.29, 1.82) is 0 Å². The Morgan fingerprint density at radius 3 is 2.44 bits per heavy atom. The lowest BCUT2D eigenvalue weighted by Crippen LogP contribution is -2.21. The lowest BCUT2D eigenvalue weighted by molar-refractivity contribution is 0.0947. The molecule has 0 spiro atoms. The number of fused-ring (bicyclic) bond motifs is 4. The van der Waals surface area contributed by atoms with Gasteiger partial charge in [0.25, 0.3) is 0 Å². The first-order valence-corrected chi connectivity index (χ1v) is 8.85. The quantitative estimate of drug-likeness (QED) is 0.398. The molecule has 120 valence electrons. The molecular formula is C24H18O. The van der Waals surface area contributed by atoms with E-state index < -0.39 is 0 Å². The Bertz CT molecular complexity index is 1120. The Balaban J connectivity index is 1.71. The predicted molar refractivity (Wildman–Crippen MR) is 103 cm³/mol. The summed E-state index contributed by atoms with van der Waals surface area (Å²) in [6.45, 7) is 0. The lowest BCUT2D eigenvalue weighted by atomic mass is 9.77. The molecule has 1 unspecified atom stereocenters. The first-order chi connectivity index (χ1) is 12.3. The molecule has 1 nitrogen and oxygen atoms in total. The summed E-state index contributed by atoms with van der Waals surface area (Å²) in [5.41, 5.74) is 3.26. The maximum Gasteiger partial charge on any atom is 0.170 e. The van der Waals surface area contributed by atoms with E-state index in [0.717, 1.165) is 18.4 Å². The van der Waals surface area contributed by atoms with Gasteiger partial charge in [0, 0.05) is 11.5 Å². The summed E-state index contributed by atoms with van der Waals surface area (Å²) in [5, 5.41) is 4.94. The predicted octanol–water partition coefficient (Wildman–Crippen LogP) is 5.91. The zero-order chi connectivity index (χ0) is 16.8. The summed E-state index contributed by atoms with van der Waals surface area (Å²) >= 11 is 0. The zero-order valence-corrected chi connectivity index (χ0v) is 13.9. The maximum absolute atomic E-state index is 13.1. The SMILES string of the molecule is O=C1c2ccccc2CCC1c1cccc2c1ccc1ccccc12. The zero-order valence-electron chi connectivity index (χ0n) is 13.9. The summed E-state index contributed by atoms with van der Waals surface area (Å²) in [5.74, 6) is 0.224. The van der Waals surface area contributed by atoms with Crippen molar-refractivity contribution in [2.45, 2.75) is 18.8 Å². The van der Waals surface area contributed by atoms with Crippen molar-refractivity contribution in [3.63, 3.8) is 0 Å². The first-order valence-electron chi connectivity index (χ1n) is 8.85. The number of Topliss-reactive ketones (excluding diaryl/α,β-unsaturated/α-hetero) is 1. The minimum Gasteiger partial charge on any atom is -0.293 e. The van der Waals surface area contributed by atoms with Crippen LogP contribution in [0, 0.1) is 0 Å². The lowest BCUT2D eigenvalue weighted by Gasteiger charge is -2.25. The van der Waals surface area contributed by atoms with Crippen LogP contribution in [0.15, 0.2) is 78.9 Å². The van der Waals surface area contributed by atoms with Crippen molar-refractivity contribution in [2.75, 3.05) is 0 Å². The fourth-order valence-corrected chi connectivity index (χ4v) is 4.26.